The summed E-state index contributed by atoms with van der Waals surface area (Å²) in [6.07, 6.45) is 5.97. The molecule has 0 radical (unpaired) electrons. The monoisotopic (exact) mass is 311 g/mol. The molecule has 0 amide bonds. The van der Waals surface area contributed by atoms with Crippen LogP contribution in [0.15, 0.2) is 16.2 Å². The Morgan fingerprint density at radius 3 is 2.80 bits per heavy atom. The molecule has 2 N–H and O–H groups in total. The predicted molar refractivity (Wildman–Crippen MR) is 75.5 cm³/mol. The largest absolute Gasteiger partial charge is 0.368 e. The zero-order valence-electron chi connectivity index (χ0n) is 10.7. The van der Waals surface area contributed by atoms with Crippen molar-refractivity contribution in [2.45, 2.75) is 48.3 Å². The average molecular weight is 312 g/mol. The van der Waals surface area contributed by atoms with Crippen molar-refractivity contribution in [1.82, 2.24) is 30.2 Å². The number of nitrogens with two attached hydrogens (primary N) is 1. The van der Waals surface area contributed by atoms with Gasteiger partial charge in [-0.2, -0.15) is 0 Å². The Hall–Kier alpha value is -1.41. The van der Waals surface area contributed by atoms with Gasteiger partial charge in [0.05, 0.1) is 6.04 Å². The lowest BCUT2D eigenvalue weighted by Gasteiger charge is -2.21. The molecule has 9 heteroatoms. The SMILES string of the molecule is Nc1nc(Cl)cc(Sc2nnnn2C2CCCCC2)n1. The molecule has 106 valence electrons. The number of hydrogen-bond acceptors (Lipinski definition) is 7. The molecule has 20 heavy (non-hydrogen) atoms. The van der Waals surface area contributed by atoms with Gasteiger partial charge in [0, 0.05) is 6.07 Å². The van der Waals surface area contributed by atoms with Crippen molar-refractivity contribution in [2.24, 2.45) is 0 Å². The molecule has 0 aromatic carbocycles. The van der Waals surface area contributed by atoms with Gasteiger partial charge in [0.2, 0.25) is 11.1 Å². The third-order valence-corrected chi connectivity index (χ3v) is 4.33. The highest BCUT2D eigenvalue weighted by Gasteiger charge is 2.21. The lowest BCUT2D eigenvalue weighted by molar-refractivity contribution is 0.307. The van der Waals surface area contributed by atoms with E-state index in [1.165, 1.54) is 31.0 Å². The summed E-state index contributed by atoms with van der Waals surface area (Å²) in [6, 6.07) is 2.03. The van der Waals surface area contributed by atoms with Crippen molar-refractivity contribution in [1.29, 1.82) is 0 Å². The minimum absolute atomic E-state index is 0.150. The number of anilines is 1. The van der Waals surface area contributed by atoms with Crippen LogP contribution in [0.3, 0.4) is 0 Å². The van der Waals surface area contributed by atoms with E-state index in [4.69, 9.17) is 17.3 Å². The highest BCUT2D eigenvalue weighted by Crippen LogP contribution is 2.32. The fraction of sp³-hybridized carbons (Fsp3) is 0.545. The first kappa shape index (κ1) is 13.6. The van der Waals surface area contributed by atoms with Crippen molar-refractivity contribution in [3.8, 4) is 0 Å². The van der Waals surface area contributed by atoms with E-state index >= 15 is 0 Å². The summed E-state index contributed by atoms with van der Waals surface area (Å²) in [5.41, 5.74) is 5.59. The standard InChI is InChI=1S/C11H14ClN7S/c12-8-6-9(15-10(13)14-8)20-11-16-17-18-19(11)7-4-2-1-3-5-7/h6-7H,1-5H2,(H2,13,14,15). The number of nitrogen functional groups attached to an aromatic ring is 1. The topological polar surface area (TPSA) is 95.4 Å². The Morgan fingerprint density at radius 2 is 2.05 bits per heavy atom. The zero-order chi connectivity index (χ0) is 13.9. The normalized spacial score (nSPS) is 16.4. The maximum atomic E-state index is 5.88. The van der Waals surface area contributed by atoms with E-state index in [0.29, 0.717) is 21.4 Å². The van der Waals surface area contributed by atoms with Crippen LogP contribution >= 0.6 is 23.4 Å². The Morgan fingerprint density at radius 1 is 1.25 bits per heavy atom. The van der Waals surface area contributed by atoms with Crippen LogP contribution in [0, 0.1) is 0 Å². The molecule has 0 unspecified atom stereocenters. The quantitative estimate of drug-likeness (QED) is 0.869. The minimum Gasteiger partial charge on any atom is -0.368 e. The van der Waals surface area contributed by atoms with Crippen LogP contribution < -0.4 is 5.73 Å². The number of rotatable bonds is 3. The molecule has 7 nitrogen and oxygen atoms in total. The number of nitrogens with zero attached hydrogens (tertiary/aromatic N) is 6. The second-order valence-electron chi connectivity index (χ2n) is 4.69. The van der Waals surface area contributed by atoms with Gasteiger partial charge in [-0.1, -0.05) is 30.9 Å². The fourth-order valence-corrected chi connectivity index (χ4v) is 3.47. The van der Waals surface area contributed by atoms with Crippen LogP contribution in [-0.2, 0) is 0 Å². The lowest BCUT2D eigenvalue weighted by atomic mass is 9.96. The molecular weight excluding hydrogens is 298 g/mol. The van der Waals surface area contributed by atoms with E-state index in [-0.39, 0.29) is 5.95 Å². The van der Waals surface area contributed by atoms with Crippen LogP contribution in [0.5, 0.6) is 0 Å². The van der Waals surface area contributed by atoms with Crippen molar-refractivity contribution in [3.63, 3.8) is 0 Å². The Balaban J connectivity index is 1.82. The van der Waals surface area contributed by atoms with Crippen molar-refractivity contribution >= 4 is 29.3 Å². The molecule has 3 rings (SSSR count). The van der Waals surface area contributed by atoms with Crippen LogP contribution in [0.1, 0.15) is 38.1 Å². The van der Waals surface area contributed by atoms with E-state index in [0.717, 1.165) is 12.8 Å². The third-order valence-electron chi connectivity index (χ3n) is 3.27. The van der Waals surface area contributed by atoms with Gasteiger partial charge >= 0.3 is 0 Å². The minimum atomic E-state index is 0.150. The van der Waals surface area contributed by atoms with E-state index in [9.17, 15) is 0 Å². The molecule has 1 aliphatic rings. The van der Waals surface area contributed by atoms with Crippen LogP contribution in [0.2, 0.25) is 5.15 Å². The molecule has 0 spiro atoms. The molecule has 1 saturated carbocycles. The van der Waals surface area contributed by atoms with E-state index in [1.807, 2.05) is 4.68 Å². The van der Waals surface area contributed by atoms with Gasteiger partial charge in [0.15, 0.2) is 0 Å². The van der Waals surface area contributed by atoms with Crippen molar-refractivity contribution in [2.75, 3.05) is 5.73 Å². The summed E-state index contributed by atoms with van der Waals surface area (Å²) < 4.78 is 1.88. The van der Waals surface area contributed by atoms with Gasteiger partial charge in [-0.15, -0.1) is 5.10 Å². The molecule has 1 fully saturated rings. The Labute approximate surface area is 125 Å². The highest BCUT2D eigenvalue weighted by atomic mass is 35.5. The molecule has 0 bridgehead atoms. The first-order chi connectivity index (χ1) is 9.72. The molecule has 2 aromatic heterocycles. The third kappa shape index (κ3) is 3.01. The van der Waals surface area contributed by atoms with Crippen molar-refractivity contribution in [3.05, 3.63) is 11.2 Å². The smallest absolute Gasteiger partial charge is 0.222 e. The van der Waals surface area contributed by atoms with Gasteiger partial charge < -0.3 is 5.73 Å². The number of hydrogen-bond donors (Lipinski definition) is 1. The summed E-state index contributed by atoms with van der Waals surface area (Å²) in [4.78, 5) is 7.97. The second-order valence-corrected chi connectivity index (χ2v) is 6.06. The average Bonchev–Trinajstić information content (AvgIpc) is 2.86. The van der Waals surface area contributed by atoms with E-state index in [2.05, 4.69) is 25.5 Å². The van der Waals surface area contributed by atoms with E-state index < -0.39 is 0 Å². The van der Waals surface area contributed by atoms with Gasteiger partial charge in [-0.3, -0.25) is 0 Å². The zero-order valence-corrected chi connectivity index (χ0v) is 12.3. The number of aromatic nitrogens is 6. The van der Waals surface area contributed by atoms with Gasteiger partial charge in [0.25, 0.3) is 0 Å². The van der Waals surface area contributed by atoms with E-state index in [1.54, 1.807) is 6.07 Å². The molecular formula is C11H14ClN7S. The highest BCUT2D eigenvalue weighted by molar-refractivity contribution is 7.99. The van der Waals surface area contributed by atoms with Crippen molar-refractivity contribution < 1.29 is 0 Å². The first-order valence-corrected chi connectivity index (χ1v) is 7.67. The summed E-state index contributed by atoms with van der Waals surface area (Å²) in [5.74, 6) is 0.150. The van der Waals surface area contributed by atoms with Gasteiger partial charge in [-0.05, 0) is 35.0 Å². The molecule has 0 saturated heterocycles. The summed E-state index contributed by atoms with van der Waals surface area (Å²) >= 11 is 7.23. The maximum absolute atomic E-state index is 5.88. The Bertz CT molecular complexity index is 576. The number of halogens is 1. The summed E-state index contributed by atoms with van der Waals surface area (Å²) in [7, 11) is 0. The summed E-state index contributed by atoms with van der Waals surface area (Å²) in [6.45, 7) is 0. The number of tetrazole rings is 1. The van der Waals surface area contributed by atoms with Gasteiger partial charge in [-0.25, -0.2) is 14.6 Å². The van der Waals surface area contributed by atoms with Crippen LogP contribution in [0.4, 0.5) is 5.95 Å². The van der Waals surface area contributed by atoms with Crippen LogP contribution in [0.25, 0.3) is 0 Å². The van der Waals surface area contributed by atoms with Crippen LogP contribution in [-0.4, -0.2) is 30.2 Å². The fourth-order valence-electron chi connectivity index (χ4n) is 2.37. The molecule has 0 atom stereocenters. The van der Waals surface area contributed by atoms with Gasteiger partial charge in [0.1, 0.15) is 10.2 Å². The Kier molecular flexibility index (Phi) is 4.02. The second kappa shape index (κ2) is 5.92. The molecule has 2 heterocycles. The molecule has 0 aliphatic heterocycles. The molecule has 1 aliphatic carbocycles. The summed E-state index contributed by atoms with van der Waals surface area (Å²) in [5, 5.41) is 13.6. The first-order valence-electron chi connectivity index (χ1n) is 6.48. The maximum Gasteiger partial charge on any atom is 0.222 e. The molecule has 2 aromatic rings. The lowest BCUT2D eigenvalue weighted by Crippen LogP contribution is -2.15. The predicted octanol–water partition coefficient (Wildman–Crippen LogP) is 2.36.